The number of aromatic nitrogens is 2. The number of hydrogen-bond donors (Lipinski definition) is 2. The number of nitrogens with zero attached hydrogens (tertiary/aromatic N) is 2. The molecule has 3 N–H and O–H groups in total. The number of anilines is 2. The monoisotopic (exact) mass is 294 g/mol. The van der Waals surface area contributed by atoms with E-state index in [4.69, 9.17) is 15.2 Å². The zero-order valence-corrected chi connectivity index (χ0v) is 11.9. The van der Waals surface area contributed by atoms with Gasteiger partial charge in [0.1, 0.15) is 17.4 Å². The van der Waals surface area contributed by atoms with Gasteiger partial charge in [0.05, 0.1) is 12.8 Å². The minimum absolute atomic E-state index is 0.0234. The standard InChI is InChI=1S/C12H14N4O3S/c1-18-6-10(17)14-12-16-15-11(20-12)7-3-4-9(19-2)8(13)5-7/h3-5H,6,13H2,1-2H3,(H,14,16,17). The van der Waals surface area contributed by atoms with Crippen LogP contribution in [-0.2, 0) is 9.53 Å². The Morgan fingerprint density at radius 3 is 2.85 bits per heavy atom. The molecular weight excluding hydrogens is 280 g/mol. The Hall–Kier alpha value is -2.19. The van der Waals surface area contributed by atoms with Crippen molar-refractivity contribution >= 4 is 28.1 Å². The molecule has 1 aromatic carbocycles. The van der Waals surface area contributed by atoms with Crippen molar-refractivity contribution in [2.45, 2.75) is 0 Å². The molecule has 1 aromatic heterocycles. The van der Waals surface area contributed by atoms with Crippen molar-refractivity contribution in [1.29, 1.82) is 0 Å². The molecule has 7 nitrogen and oxygen atoms in total. The van der Waals surface area contributed by atoms with Gasteiger partial charge in [0.15, 0.2) is 0 Å². The van der Waals surface area contributed by atoms with E-state index in [-0.39, 0.29) is 12.5 Å². The number of hydrogen-bond acceptors (Lipinski definition) is 7. The van der Waals surface area contributed by atoms with E-state index in [1.165, 1.54) is 18.4 Å². The first-order chi connectivity index (χ1) is 9.63. The van der Waals surface area contributed by atoms with E-state index in [9.17, 15) is 4.79 Å². The summed E-state index contributed by atoms with van der Waals surface area (Å²) in [5.41, 5.74) is 7.17. The number of carbonyl (C=O) groups is 1. The second-order valence-corrected chi connectivity index (χ2v) is 4.83. The molecule has 0 spiro atoms. The number of nitrogen functional groups attached to an aromatic ring is 1. The maximum absolute atomic E-state index is 11.4. The number of ether oxygens (including phenoxy) is 2. The number of rotatable bonds is 5. The number of amides is 1. The average Bonchev–Trinajstić information content (AvgIpc) is 2.87. The van der Waals surface area contributed by atoms with Crippen molar-refractivity contribution in [2.24, 2.45) is 0 Å². The van der Waals surface area contributed by atoms with E-state index in [2.05, 4.69) is 15.5 Å². The maximum atomic E-state index is 11.4. The largest absolute Gasteiger partial charge is 0.495 e. The number of carbonyl (C=O) groups excluding carboxylic acids is 1. The molecule has 0 aliphatic heterocycles. The van der Waals surface area contributed by atoms with Crippen LogP contribution in [-0.4, -0.2) is 36.9 Å². The summed E-state index contributed by atoms with van der Waals surface area (Å²) in [5.74, 6) is 0.330. The van der Waals surface area contributed by atoms with Gasteiger partial charge in [0.2, 0.25) is 5.13 Å². The molecule has 0 saturated heterocycles. The third-order valence-corrected chi connectivity index (χ3v) is 3.31. The highest BCUT2D eigenvalue weighted by atomic mass is 32.1. The molecule has 106 valence electrons. The maximum Gasteiger partial charge on any atom is 0.252 e. The fourth-order valence-corrected chi connectivity index (χ4v) is 2.30. The SMILES string of the molecule is COCC(=O)Nc1nnc(-c2ccc(OC)c(N)c2)s1. The number of methoxy groups -OCH3 is 2. The molecule has 0 bridgehead atoms. The minimum Gasteiger partial charge on any atom is -0.495 e. The Bertz CT molecular complexity index is 614. The van der Waals surface area contributed by atoms with Crippen LogP contribution in [0.1, 0.15) is 0 Å². The van der Waals surface area contributed by atoms with Crippen LogP contribution in [0.3, 0.4) is 0 Å². The predicted octanol–water partition coefficient (Wildman–Crippen LogP) is 1.38. The molecule has 2 aromatic rings. The van der Waals surface area contributed by atoms with Gasteiger partial charge in [-0.2, -0.15) is 0 Å². The zero-order valence-electron chi connectivity index (χ0n) is 11.0. The van der Waals surface area contributed by atoms with Gasteiger partial charge in [-0.05, 0) is 18.2 Å². The van der Waals surface area contributed by atoms with Crippen molar-refractivity contribution in [3.05, 3.63) is 18.2 Å². The van der Waals surface area contributed by atoms with Crippen molar-refractivity contribution in [1.82, 2.24) is 10.2 Å². The zero-order chi connectivity index (χ0) is 14.5. The molecule has 0 atom stereocenters. The molecule has 0 unspecified atom stereocenters. The molecular formula is C12H14N4O3S. The summed E-state index contributed by atoms with van der Waals surface area (Å²) < 4.78 is 9.81. The van der Waals surface area contributed by atoms with Crippen LogP contribution in [0.2, 0.25) is 0 Å². The van der Waals surface area contributed by atoms with Crippen LogP contribution >= 0.6 is 11.3 Å². The van der Waals surface area contributed by atoms with Gasteiger partial charge >= 0.3 is 0 Å². The summed E-state index contributed by atoms with van der Waals surface area (Å²) in [6.45, 7) is -0.0234. The highest BCUT2D eigenvalue weighted by Crippen LogP contribution is 2.31. The molecule has 0 aliphatic rings. The fraction of sp³-hybridized carbons (Fsp3) is 0.250. The first-order valence-electron chi connectivity index (χ1n) is 5.70. The second kappa shape index (κ2) is 6.31. The van der Waals surface area contributed by atoms with Crippen LogP contribution in [0, 0.1) is 0 Å². The number of benzene rings is 1. The first-order valence-corrected chi connectivity index (χ1v) is 6.52. The van der Waals surface area contributed by atoms with Gasteiger partial charge in [-0.1, -0.05) is 11.3 Å². The molecule has 0 aliphatic carbocycles. The van der Waals surface area contributed by atoms with E-state index in [0.717, 1.165) is 5.56 Å². The third-order valence-electron chi connectivity index (χ3n) is 2.42. The number of nitrogens with one attached hydrogen (secondary N) is 1. The summed E-state index contributed by atoms with van der Waals surface area (Å²) in [6.07, 6.45) is 0. The summed E-state index contributed by atoms with van der Waals surface area (Å²) in [5, 5.41) is 11.6. The van der Waals surface area contributed by atoms with Crippen LogP contribution < -0.4 is 15.8 Å². The third kappa shape index (κ3) is 3.22. The highest BCUT2D eigenvalue weighted by Gasteiger charge is 2.10. The highest BCUT2D eigenvalue weighted by molar-refractivity contribution is 7.18. The second-order valence-electron chi connectivity index (χ2n) is 3.85. The number of nitrogens with two attached hydrogens (primary N) is 1. The molecule has 8 heteroatoms. The molecule has 0 saturated carbocycles. The Kier molecular flexibility index (Phi) is 4.49. The van der Waals surface area contributed by atoms with E-state index < -0.39 is 0 Å². The molecule has 1 heterocycles. The molecule has 0 radical (unpaired) electrons. The van der Waals surface area contributed by atoms with Gasteiger partial charge in [-0.3, -0.25) is 10.1 Å². The van der Waals surface area contributed by atoms with Crippen LogP contribution in [0.5, 0.6) is 5.75 Å². The molecule has 20 heavy (non-hydrogen) atoms. The van der Waals surface area contributed by atoms with Crippen LogP contribution in [0.15, 0.2) is 18.2 Å². The quantitative estimate of drug-likeness (QED) is 0.808. The van der Waals surface area contributed by atoms with Crippen LogP contribution in [0.25, 0.3) is 10.6 Å². The lowest BCUT2D eigenvalue weighted by Gasteiger charge is -2.04. The van der Waals surface area contributed by atoms with Gasteiger partial charge in [0.25, 0.3) is 5.91 Å². The van der Waals surface area contributed by atoms with Crippen LogP contribution in [0.4, 0.5) is 10.8 Å². The van der Waals surface area contributed by atoms with Gasteiger partial charge < -0.3 is 15.2 Å². The molecule has 0 fully saturated rings. The lowest BCUT2D eigenvalue weighted by molar-refractivity contribution is -0.119. The lowest BCUT2D eigenvalue weighted by atomic mass is 10.2. The Labute approximate surface area is 119 Å². The summed E-state index contributed by atoms with van der Waals surface area (Å²) in [4.78, 5) is 11.4. The Morgan fingerprint density at radius 1 is 1.40 bits per heavy atom. The van der Waals surface area contributed by atoms with E-state index in [0.29, 0.717) is 21.6 Å². The van der Waals surface area contributed by atoms with E-state index in [1.807, 2.05) is 6.07 Å². The van der Waals surface area contributed by atoms with Crippen molar-refractivity contribution < 1.29 is 14.3 Å². The van der Waals surface area contributed by atoms with Gasteiger partial charge in [-0.25, -0.2) is 0 Å². The summed E-state index contributed by atoms with van der Waals surface area (Å²) in [7, 11) is 3.00. The van der Waals surface area contributed by atoms with Gasteiger partial charge in [0, 0.05) is 12.7 Å². The topological polar surface area (TPSA) is 99.4 Å². The first kappa shape index (κ1) is 14.2. The Morgan fingerprint density at radius 2 is 2.20 bits per heavy atom. The average molecular weight is 294 g/mol. The van der Waals surface area contributed by atoms with Crippen molar-refractivity contribution in [3.63, 3.8) is 0 Å². The predicted molar refractivity (Wildman–Crippen MR) is 76.8 cm³/mol. The summed E-state index contributed by atoms with van der Waals surface area (Å²) in [6, 6.07) is 5.34. The molecule has 2 rings (SSSR count). The minimum atomic E-state index is -0.274. The van der Waals surface area contributed by atoms with Gasteiger partial charge in [-0.15, -0.1) is 10.2 Å². The molecule has 1 amide bonds. The Balaban J connectivity index is 2.16. The van der Waals surface area contributed by atoms with Crippen molar-refractivity contribution in [3.8, 4) is 16.3 Å². The van der Waals surface area contributed by atoms with E-state index >= 15 is 0 Å². The van der Waals surface area contributed by atoms with E-state index in [1.54, 1.807) is 19.2 Å². The normalized spacial score (nSPS) is 10.3. The van der Waals surface area contributed by atoms with Crippen molar-refractivity contribution in [2.75, 3.05) is 31.9 Å². The summed E-state index contributed by atoms with van der Waals surface area (Å²) >= 11 is 1.26. The smallest absolute Gasteiger partial charge is 0.252 e. The fourth-order valence-electron chi connectivity index (χ4n) is 1.54. The lowest BCUT2D eigenvalue weighted by Crippen LogP contribution is -2.16.